The molecule has 2 aromatic rings. The van der Waals surface area contributed by atoms with Crippen molar-refractivity contribution in [3.8, 4) is 5.75 Å². The summed E-state index contributed by atoms with van der Waals surface area (Å²) in [5.41, 5.74) is 0.690. The molecule has 7 nitrogen and oxygen atoms in total. The third kappa shape index (κ3) is 4.42. The van der Waals surface area contributed by atoms with Crippen molar-refractivity contribution in [1.29, 1.82) is 0 Å². The predicted molar refractivity (Wildman–Crippen MR) is 107 cm³/mol. The zero-order valence-corrected chi connectivity index (χ0v) is 17.3. The summed E-state index contributed by atoms with van der Waals surface area (Å²) in [6, 6.07) is 8.84. The Labute approximate surface area is 173 Å². The van der Waals surface area contributed by atoms with Gasteiger partial charge in [-0.3, -0.25) is 4.79 Å². The number of benzene rings is 2. The molecule has 1 amide bonds. The Morgan fingerprint density at radius 2 is 1.68 bits per heavy atom. The molecule has 28 heavy (non-hydrogen) atoms. The lowest BCUT2D eigenvalue weighted by Gasteiger charge is -2.26. The van der Waals surface area contributed by atoms with Crippen molar-refractivity contribution in [2.45, 2.75) is 4.90 Å². The van der Waals surface area contributed by atoms with E-state index < -0.39 is 15.9 Å². The minimum absolute atomic E-state index is 0.155. The summed E-state index contributed by atoms with van der Waals surface area (Å²) in [6.45, 7) is 1.39. The number of halogens is 2. The third-order valence-corrected chi connectivity index (χ3v) is 6.66. The molecule has 0 atom stereocenters. The van der Waals surface area contributed by atoms with E-state index in [2.05, 4.69) is 5.32 Å². The maximum Gasteiger partial charge on any atom is 0.255 e. The summed E-state index contributed by atoms with van der Waals surface area (Å²) in [4.78, 5) is 12.6. The summed E-state index contributed by atoms with van der Waals surface area (Å²) in [5.74, 6) is -0.146. The molecule has 1 N–H and O–H groups in total. The standard InChI is InChI=1S/C18H18Cl2N2O5S/c1-26-17-15(19)10-12(11-16(17)20)18(23)21-13-2-4-14(5-3-13)28(24,25)22-6-8-27-9-7-22/h2-5,10-11H,6-9H2,1H3,(H,21,23). The van der Waals surface area contributed by atoms with Crippen LogP contribution in [0, 0.1) is 0 Å². The van der Waals surface area contributed by atoms with Gasteiger partial charge in [0.2, 0.25) is 10.0 Å². The molecule has 3 rings (SSSR count). The van der Waals surface area contributed by atoms with Crippen LogP contribution in [0.25, 0.3) is 0 Å². The van der Waals surface area contributed by atoms with E-state index in [1.165, 1.54) is 47.8 Å². The number of amides is 1. The lowest BCUT2D eigenvalue weighted by Crippen LogP contribution is -2.40. The molecule has 0 unspecified atom stereocenters. The molecule has 1 heterocycles. The molecule has 0 spiro atoms. The molecule has 1 saturated heterocycles. The van der Waals surface area contributed by atoms with Crippen molar-refractivity contribution in [2.75, 3.05) is 38.7 Å². The van der Waals surface area contributed by atoms with Crippen LogP contribution in [-0.4, -0.2) is 52.0 Å². The van der Waals surface area contributed by atoms with Crippen molar-refractivity contribution < 1.29 is 22.7 Å². The number of nitrogens with zero attached hydrogens (tertiary/aromatic N) is 1. The Hall–Kier alpha value is -1.84. The minimum atomic E-state index is -3.59. The molecule has 2 aromatic carbocycles. The fourth-order valence-electron chi connectivity index (χ4n) is 2.74. The maximum atomic E-state index is 12.6. The summed E-state index contributed by atoms with van der Waals surface area (Å²) in [7, 11) is -2.16. The Bertz CT molecular complexity index is 951. The molecule has 0 bridgehead atoms. The average molecular weight is 445 g/mol. The number of carbonyl (C=O) groups excluding carboxylic acids is 1. The van der Waals surface area contributed by atoms with Gasteiger partial charge < -0.3 is 14.8 Å². The minimum Gasteiger partial charge on any atom is -0.494 e. The first-order valence-electron chi connectivity index (χ1n) is 8.35. The molecule has 1 fully saturated rings. The highest BCUT2D eigenvalue weighted by atomic mass is 35.5. The van der Waals surface area contributed by atoms with Gasteiger partial charge in [0.25, 0.3) is 5.91 Å². The van der Waals surface area contributed by atoms with Gasteiger partial charge in [-0.05, 0) is 36.4 Å². The number of carbonyl (C=O) groups is 1. The van der Waals surface area contributed by atoms with Gasteiger partial charge in [-0.1, -0.05) is 23.2 Å². The number of morpholine rings is 1. The van der Waals surface area contributed by atoms with Crippen molar-refractivity contribution in [3.63, 3.8) is 0 Å². The fourth-order valence-corrected chi connectivity index (χ4v) is 4.78. The highest BCUT2D eigenvalue weighted by Gasteiger charge is 2.26. The normalized spacial score (nSPS) is 15.2. The van der Waals surface area contributed by atoms with Crippen LogP contribution in [0.4, 0.5) is 5.69 Å². The molecule has 150 valence electrons. The van der Waals surface area contributed by atoms with Gasteiger partial charge in [0.1, 0.15) is 0 Å². The van der Waals surface area contributed by atoms with E-state index in [1.807, 2.05) is 0 Å². The Kier molecular flexibility index (Phi) is 6.47. The molecular weight excluding hydrogens is 427 g/mol. The Balaban J connectivity index is 1.74. The van der Waals surface area contributed by atoms with Crippen LogP contribution in [0.15, 0.2) is 41.3 Å². The number of hydrogen-bond acceptors (Lipinski definition) is 5. The first-order chi connectivity index (χ1) is 13.3. The smallest absolute Gasteiger partial charge is 0.255 e. The molecular formula is C18H18Cl2N2O5S. The largest absolute Gasteiger partial charge is 0.494 e. The second kappa shape index (κ2) is 8.67. The first kappa shape index (κ1) is 20.9. The van der Waals surface area contributed by atoms with Crippen molar-refractivity contribution in [3.05, 3.63) is 52.0 Å². The number of ether oxygens (including phenoxy) is 2. The average Bonchev–Trinajstić information content (AvgIpc) is 2.69. The van der Waals surface area contributed by atoms with E-state index in [-0.39, 0.29) is 26.3 Å². The molecule has 10 heteroatoms. The SMILES string of the molecule is COc1c(Cl)cc(C(=O)Nc2ccc(S(=O)(=O)N3CCOCC3)cc2)cc1Cl. The highest BCUT2D eigenvalue weighted by Crippen LogP contribution is 2.34. The lowest BCUT2D eigenvalue weighted by atomic mass is 10.2. The predicted octanol–water partition coefficient (Wildman–Crippen LogP) is 3.28. The van der Waals surface area contributed by atoms with Gasteiger partial charge in [-0.15, -0.1) is 0 Å². The fraction of sp³-hybridized carbons (Fsp3) is 0.278. The van der Waals surface area contributed by atoms with Gasteiger partial charge in [0.05, 0.1) is 35.3 Å². The number of rotatable bonds is 5. The summed E-state index contributed by atoms with van der Waals surface area (Å²) in [5, 5.41) is 3.11. The van der Waals surface area contributed by atoms with Gasteiger partial charge in [0.15, 0.2) is 5.75 Å². The van der Waals surface area contributed by atoms with Gasteiger partial charge in [-0.2, -0.15) is 4.31 Å². The zero-order valence-electron chi connectivity index (χ0n) is 14.9. The third-order valence-electron chi connectivity index (χ3n) is 4.18. The quantitative estimate of drug-likeness (QED) is 0.764. The van der Waals surface area contributed by atoms with Crippen LogP contribution in [0.5, 0.6) is 5.75 Å². The zero-order chi connectivity index (χ0) is 20.3. The van der Waals surface area contributed by atoms with E-state index in [0.717, 1.165) is 0 Å². The summed E-state index contributed by atoms with van der Waals surface area (Å²) < 4.78 is 36.9. The number of anilines is 1. The van der Waals surface area contributed by atoms with Crippen LogP contribution < -0.4 is 10.1 Å². The number of nitrogens with one attached hydrogen (secondary N) is 1. The topological polar surface area (TPSA) is 84.9 Å². The second-order valence-electron chi connectivity index (χ2n) is 5.97. The van der Waals surface area contributed by atoms with Crippen molar-refractivity contribution in [1.82, 2.24) is 4.31 Å². The number of hydrogen-bond donors (Lipinski definition) is 1. The maximum absolute atomic E-state index is 12.6. The highest BCUT2D eigenvalue weighted by molar-refractivity contribution is 7.89. The molecule has 0 saturated carbocycles. The van der Waals surface area contributed by atoms with E-state index >= 15 is 0 Å². The summed E-state index contributed by atoms with van der Waals surface area (Å²) in [6.07, 6.45) is 0. The van der Waals surface area contributed by atoms with Crippen LogP contribution in [-0.2, 0) is 14.8 Å². The Morgan fingerprint density at radius 1 is 1.11 bits per heavy atom. The van der Waals surface area contributed by atoms with E-state index in [0.29, 0.717) is 32.0 Å². The summed E-state index contributed by atoms with van der Waals surface area (Å²) >= 11 is 12.1. The molecule has 0 radical (unpaired) electrons. The van der Waals surface area contributed by atoms with Crippen LogP contribution >= 0.6 is 23.2 Å². The van der Waals surface area contributed by atoms with Crippen molar-refractivity contribution >= 4 is 44.8 Å². The van der Waals surface area contributed by atoms with Gasteiger partial charge in [0, 0.05) is 24.3 Å². The number of methoxy groups -OCH3 is 1. The first-order valence-corrected chi connectivity index (χ1v) is 10.5. The van der Waals surface area contributed by atoms with E-state index in [4.69, 9.17) is 32.7 Å². The van der Waals surface area contributed by atoms with Crippen LogP contribution in [0.2, 0.25) is 10.0 Å². The van der Waals surface area contributed by atoms with E-state index in [9.17, 15) is 13.2 Å². The number of sulfonamides is 1. The van der Waals surface area contributed by atoms with Gasteiger partial charge in [-0.25, -0.2) is 8.42 Å². The molecule has 0 aliphatic carbocycles. The second-order valence-corrected chi connectivity index (χ2v) is 8.72. The van der Waals surface area contributed by atoms with Crippen LogP contribution in [0.3, 0.4) is 0 Å². The monoisotopic (exact) mass is 444 g/mol. The molecule has 0 aromatic heterocycles. The molecule has 1 aliphatic heterocycles. The Morgan fingerprint density at radius 3 is 2.21 bits per heavy atom. The van der Waals surface area contributed by atoms with Gasteiger partial charge >= 0.3 is 0 Å². The van der Waals surface area contributed by atoms with Crippen LogP contribution in [0.1, 0.15) is 10.4 Å². The lowest BCUT2D eigenvalue weighted by molar-refractivity contribution is 0.0730. The molecule has 1 aliphatic rings. The van der Waals surface area contributed by atoms with E-state index in [1.54, 1.807) is 0 Å². The van der Waals surface area contributed by atoms with Crippen molar-refractivity contribution in [2.24, 2.45) is 0 Å².